The van der Waals surface area contributed by atoms with Gasteiger partial charge in [0.05, 0.1) is 17.7 Å². The standard InChI is InChI=1S/C20H18N2O4S/c1-26-19-10-6-5-9-18(19)21-20(23)15-11-13-17(14-12-15)27(24,25)22-16-7-3-2-4-8-16/h2-14,22H,1H3,(H,21,23). The maximum Gasteiger partial charge on any atom is 0.261 e. The van der Waals surface area contributed by atoms with Gasteiger partial charge in [-0.2, -0.15) is 0 Å². The van der Waals surface area contributed by atoms with Crippen LogP contribution < -0.4 is 14.8 Å². The summed E-state index contributed by atoms with van der Waals surface area (Å²) in [6, 6.07) is 21.3. The lowest BCUT2D eigenvalue weighted by atomic mass is 10.2. The van der Waals surface area contributed by atoms with Crippen LogP contribution in [0.3, 0.4) is 0 Å². The summed E-state index contributed by atoms with van der Waals surface area (Å²) < 4.78 is 32.6. The van der Waals surface area contributed by atoms with Crippen LogP contribution in [0.1, 0.15) is 10.4 Å². The van der Waals surface area contributed by atoms with Crippen LogP contribution in [0, 0.1) is 0 Å². The van der Waals surface area contributed by atoms with Crippen molar-refractivity contribution in [2.75, 3.05) is 17.1 Å². The number of para-hydroxylation sites is 3. The second-order valence-electron chi connectivity index (χ2n) is 5.65. The molecule has 0 atom stereocenters. The van der Waals surface area contributed by atoms with Crippen LogP contribution >= 0.6 is 0 Å². The normalized spacial score (nSPS) is 10.9. The predicted octanol–water partition coefficient (Wildman–Crippen LogP) is 3.75. The van der Waals surface area contributed by atoms with E-state index in [1.54, 1.807) is 54.6 Å². The van der Waals surface area contributed by atoms with Gasteiger partial charge < -0.3 is 10.1 Å². The van der Waals surface area contributed by atoms with Crippen molar-refractivity contribution in [3.63, 3.8) is 0 Å². The predicted molar refractivity (Wildman–Crippen MR) is 105 cm³/mol. The zero-order valence-corrected chi connectivity index (χ0v) is 15.4. The van der Waals surface area contributed by atoms with E-state index in [1.807, 2.05) is 0 Å². The Kier molecular flexibility index (Phi) is 5.42. The highest BCUT2D eigenvalue weighted by Crippen LogP contribution is 2.24. The van der Waals surface area contributed by atoms with Crippen molar-refractivity contribution in [3.05, 3.63) is 84.4 Å². The Hall–Kier alpha value is -3.32. The molecule has 0 aromatic heterocycles. The van der Waals surface area contributed by atoms with Gasteiger partial charge in [0.2, 0.25) is 0 Å². The molecular formula is C20H18N2O4S. The number of carbonyl (C=O) groups is 1. The van der Waals surface area contributed by atoms with E-state index in [9.17, 15) is 13.2 Å². The maximum atomic E-state index is 12.4. The lowest BCUT2D eigenvalue weighted by molar-refractivity contribution is 0.102. The number of hydrogen-bond donors (Lipinski definition) is 2. The third-order valence-corrected chi connectivity index (χ3v) is 5.21. The molecule has 6 nitrogen and oxygen atoms in total. The highest BCUT2D eigenvalue weighted by molar-refractivity contribution is 7.92. The molecule has 0 saturated carbocycles. The second kappa shape index (κ2) is 7.92. The van der Waals surface area contributed by atoms with Crippen LogP contribution in [0.5, 0.6) is 5.75 Å². The molecule has 0 aliphatic heterocycles. The summed E-state index contributed by atoms with van der Waals surface area (Å²) >= 11 is 0. The Morgan fingerprint density at radius 2 is 1.48 bits per heavy atom. The molecule has 0 unspecified atom stereocenters. The molecule has 0 aliphatic rings. The van der Waals surface area contributed by atoms with E-state index in [0.29, 0.717) is 22.7 Å². The maximum absolute atomic E-state index is 12.4. The highest BCUT2D eigenvalue weighted by atomic mass is 32.2. The van der Waals surface area contributed by atoms with E-state index in [2.05, 4.69) is 10.0 Å². The number of sulfonamides is 1. The van der Waals surface area contributed by atoms with Gasteiger partial charge >= 0.3 is 0 Å². The molecule has 0 spiro atoms. The summed E-state index contributed by atoms with van der Waals surface area (Å²) in [6.07, 6.45) is 0. The van der Waals surface area contributed by atoms with Gasteiger partial charge in [0.1, 0.15) is 5.75 Å². The van der Waals surface area contributed by atoms with Gasteiger partial charge in [-0.1, -0.05) is 30.3 Å². The summed E-state index contributed by atoms with van der Waals surface area (Å²) in [5.74, 6) is 0.177. The molecule has 138 valence electrons. The molecule has 0 bridgehead atoms. The summed E-state index contributed by atoms with van der Waals surface area (Å²) in [5, 5.41) is 2.75. The van der Waals surface area contributed by atoms with Crippen LogP contribution in [0.4, 0.5) is 11.4 Å². The van der Waals surface area contributed by atoms with Crippen molar-refractivity contribution in [3.8, 4) is 5.75 Å². The number of hydrogen-bond acceptors (Lipinski definition) is 4. The molecule has 3 aromatic carbocycles. The summed E-state index contributed by atoms with van der Waals surface area (Å²) in [5.41, 5.74) is 1.34. The summed E-state index contributed by atoms with van der Waals surface area (Å²) in [7, 11) is -2.21. The molecule has 7 heteroatoms. The monoisotopic (exact) mass is 382 g/mol. The van der Waals surface area contributed by atoms with Crippen LogP contribution in [-0.4, -0.2) is 21.4 Å². The fraction of sp³-hybridized carbons (Fsp3) is 0.0500. The van der Waals surface area contributed by atoms with Gasteiger partial charge in [0.15, 0.2) is 0 Å². The Bertz CT molecular complexity index is 1030. The minimum atomic E-state index is -3.73. The molecule has 0 aliphatic carbocycles. The third-order valence-electron chi connectivity index (χ3n) is 3.81. The largest absolute Gasteiger partial charge is 0.495 e. The zero-order valence-electron chi connectivity index (χ0n) is 14.5. The van der Waals surface area contributed by atoms with Crippen molar-refractivity contribution >= 4 is 27.3 Å². The quantitative estimate of drug-likeness (QED) is 0.680. The Morgan fingerprint density at radius 3 is 2.15 bits per heavy atom. The van der Waals surface area contributed by atoms with Crippen LogP contribution in [-0.2, 0) is 10.0 Å². The minimum absolute atomic E-state index is 0.0696. The van der Waals surface area contributed by atoms with E-state index >= 15 is 0 Å². The number of carbonyl (C=O) groups excluding carboxylic acids is 1. The first-order chi connectivity index (χ1) is 13.0. The van der Waals surface area contributed by atoms with Crippen molar-refractivity contribution in [1.82, 2.24) is 0 Å². The average Bonchev–Trinajstić information content (AvgIpc) is 2.69. The molecule has 0 fully saturated rings. The van der Waals surface area contributed by atoms with Gasteiger partial charge in [-0.15, -0.1) is 0 Å². The van der Waals surface area contributed by atoms with Gasteiger partial charge in [-0.25, -0.2) is 8.42 Å². The molecule has 0 radical (unpaired) electrons. The minimum Gasteiger partial charge on any atom is -0.495 e. The number of amides is 1. The average molecular weight is 382 g/mol. The first-order valence-corrected chi connectivity index (χ1v) is 9.60. The Balaban J connectivity index is 1.75. The molecule has 3 rings (SSSR count). The van der Waals surface area contributed by atoms with Gasteiger partial charge in [-0.3, -0.25) is 9.52 Å². The number of nitrogens with one attached hydrogen (secondary N) is 2. The van der Waals surface area contributed by atoms with Gasteiger partial charge in [0.25, 0.3) is 15.9 Å². The van der Waals surface area contributed by atoms with Gasteiger partial charge in [0, 0.05) is 11.3 Å². The van der Waals surface area contributed by atoms with E-state index in [-0.39, 0.29) is 10.8 Å². The van der Waals surface area contributed by atoms with E-state index in [4.69, 9.17) is 4.74 Å². The van der Waals surface area contributed by atoms with Crippen LogP contribution in [0.2, 0.25) is 0 Å². The number of rotatable bonds is 6. The fourth-order valence-electron chi connectivity index (χ4n) is 2.45. The highest BCUT2D eigenvalue weighted by Gasteiger charge is 2.15. The summed E-state index contributed by atoms with van der Waals surface area (Å²) in [4.78, 5) is 12.5. The van der Waals surface area contributed by atoms with E-state index in [1.165, 1.54) is 31.4 Å². The van der Waals surface area contributed by atoms with Crippen molar-refractivity contribution in [2.24, 2.45) is 0 Å². The third kappa shape index (κ3) is 4.45. The van der Waals surface area contributed by atoms with Crippen LogP contribution in [0.25, 0.3) is 0 Å². The molecule has 1 amide bonds. The van der Waals surface area contributed by atoms with E-state index < -0.39 is 10.0 Å². The van der Waals surface area contributed by atoms with Crippen LogP contribution in [0.15, 0.2) is 83.8 Å². The molecule has 0 saturated heterocycles. The number of anilines is 2. The first kappa shape index (κ1) is 18.5. The lowest BCUT2D eigenvalue weighted by Gasteiger charge is -2.11. The van der Waals surface area contributed by atoms with E-state index in [0.717, 1.165) is 0 Å². The fourth-order valence-corrected chi connectivity index (χ4v) is 3.51. The molecule has 2 N–H and O–H groups in total. The Labute approximate surface area is 157 Å². The summed E-state index contributed by atoms with van der Waals surface area (Å²) in [6.45, 7) is 0. The molecule has 3 aromatic rings. The number of benzene rings is 3. The molecular weight excluding hydrogens is 364 g/mol. The SMILES string of the molecule is COc1ccccc1NC(=O)c1ccc(S(=O)(=O)Nc2ccccc2)cc1. The zero-order chi connectivity index (χ0) is 19.3. The molecule has 0 heterocycles. The van der Waals surface area contributed by atoms with Crippen molar-refractivity contribution in [2.45, 2.75) is 4.90 Å². The molecule has 27 heavy (non-hydrogen) atoms. The first-order valence-electron chi connectivity index (χ1n) is 8.12. The second-order valence-corrected chi connectivity index (χ2v) is 7.33. The van der Waals surface area contributed by atoms with Crippen molar-refractivity contribution < 1.29 is 17.9 Å². The smallest absolute Gasteiger partial charge is 0.261 e. The Morgan fingerprint density at radius 1 is 0.852 bits per heavy atom. The van der Waals surface area contributed by atoms with Gasteiger partial charge in [-0.05, 0) is 48.5 Å². The number of ether oxygens (including phenoxy) is 1. The topological polar surface area (TPSA) is 84.5 Å². The van der Waals surface area contributed by atoms with Crippen molar-refractivity contribution in [1.29, 1.82) is 0 Å². The number of methoxy groups -OCH3 is 1. The lowest BCUT2D eigenvalue weighted by Crippen LogP contribution is -2.15.